The minimum atomic E-state index is -2.78. The Morgan fingerprint density at radius 1 is 1.18 bits per heavy atom. The van der Waals surface area contributed by atoms with Gasteiger partial charge in [0.2, 0.25) is 11.8 Å². The van der Waals surface area contributed by atoms with Crippen LogP contribution in [0.3, 0.4) is 0 Å². The molecule has 2 saturated heterocycles. The van der Waals surface area contributed by atoms with Crippen LogP contribution in [-0.2, 0) is 9.53 Å². The molecule has 4 aliphatic rings. The Kier molecular flexibility index (Phi) is 5.93. The molecular formula is C26H30F3N5O4. The minimum Gasteiger partial charge on any atom is -0.481 e. The van der Waals surface area contributed by atoms with E-state index in [-0.39, 0.29) is 59.3 Å². The maximum absolute atomic E-state index is 14.3. The largest absolute Gasteiger partial charge is 0.481 e. The number of H-pyrrole nitrogens is 1. The minimum absolute atomic E-state index is 0.0743. The molecule has 204 valence electrons. The average molecular weight is 534 g/mol. The van der Waals surface area contributed by atoms with Gasteiger partial charge in [-0.1, -0.05) is 0 Å². The van der Waals surface area contributed by atoms with Crippen molar-refractivity contribution in [2.45, 2.75) is 74.5 Å². The van der Waals surface area contributed by atoms with Gasteiger partial charge in [0.05, 0.1) is 19.0 Å². The van der Waals surface area contributed by atoms with Crippen molar-refractivity contribution in [3.63, 3.8) is 0 Å². The van der Waals surface area contributed by atoms with Crippen LogP contribution < -0.4 is 10.1 Å². The third kappa shape index (κ3) is 4.13. The van der Waals surface area contributed by atoms with Crippen LogP contribution >= 0.6 is 0 Å². The third-order valence-corrected chi connectivity index (χ3v) is 8.81. The smallest absolute Gasteiger partial charge is 0.299 e. The van der Waals surface area contributed by atoms with Crippen LogP contribution in [0.2, 0.25) is 0 Å². The fraction of sp³-hybridized carbons (Fsp3) is 0.615. The number of hydrogen-bond acceptors (Lipinski definition) is 6. The van der Waals surface area contributed by atoms with Crippen molar-refractivity contribution >= 4 is 11.8 Å². The Balaban J connectivity index is 1.07. The van der Waals surface area contributed by atoms with Crippen molar-refractivity contribution in [1.29, 1.82) is 0 Å². The van der Waals surface area contributed by atoms with E-state index in [1.54, 1.807) is 4.90 Å². The van der Waals surface area contributed by atoms with Gasteiger partial charge >= 0.3 is 0 Å². The number of aromatic nitrogens is 3. The first-order valence-corrected chi connectivity index (χ1v) is 13.0. The molecule has 38 heavy (non-hydrogen) atoms. The molecule has 1 atom stereocenters. The number of alkyl halides is 2. The molecule has 9 nitrogen and oxygen atoms in total. The van der Waals surface area contributed by atoms with Crippen LogP contribution in [0.4, 0.5) is 13.2 Å². The SMILES string of the molecule is COc1cc(-c2cc(C(=O)N3CC[C@H](C(=O)N[C@H]4CC[C@@]5(CC4)OCC5(F)F)CC34CC4)n[nH]2)c(F)cn1. The molecular weight excluding hydrogens is 503 g/mol. The van der Waals surface area contributed by atoms with Crippen LogP contribution in [0.5, 0.6) is 5.88 Å². The van der Waals surface area contributed by atoms with E-state index >= 15 is 0 Å². The monoisotopic (exact) mass is 533 g/mol. The van der Waals surface area contributed by atoms with Gasteiger partial charge in [-0.05, 0) is 57.4 Å². The molecule has 2 N–H and O–H groups in total. The zero-order valence-corrected chi connectivity index (χ0v) is 21.1. The van der Waals surface area contributed by atoms with Gasteiger partial charge in [-0.2, -0.15) is 5.10 Å². The molecule has 2 aromatic heterocycles. The second kappa shape index (κ2) is 8.96. The number of halogens is 3. The molecule has 2 spiro atoms. The molecule has 4 fully saturated rings. The van der Waals surface area contributed by atoms with Crippen LogP contribution in [0, 0.1) is 11.7 Å². The van der Waals surface area contributed by atoms with Crippen molar-refractivity contribution in [1.82, 2.24) is 25.4 Å². The highest BCUT2D eigenvalue weighted by atomic mass is 19.3. The van der Waals surface area contributed by atoms with E-state index in [2.05, 4.69) is 20.5 Å². The number of carbonyl (C=O) groups is 2. The van der Waals surface area contributed by atoms with Gasteiger partial charge in [-0.15, -0.1) is 0 Å². The summed E-state index contributed by atoms with van der Waals surface area (Å²) >= 11 is 0. The first-order chi connectivity index (χ1) is 18.2. The highest BCUT2D eigenvalue weighted by molar-refractivity contribution is 5.94. The van der Waals surface area contributed by atoms with Gasteiger partial charge in [0.15, 0.2) is 11.5 Å². The molecule has 2 aliphatic heterocycles. The highest BCUT2D eigenvalue weighted by Crippen LogP contribution is 2.52. The number of hydrogen-bond donors (Lipinski definition) is 2. The van der Waals surface area contributed by atoms with Crippen molar-refractivity contribution in [3.8, 4) is 17.1 Å². The summed E-state index contributed by atoms with van der Waals surface area (Å²) in [6.07, 6.45) is 5.12. The molecule has 2 aliphatic carbocycles. The summed E-state index contributed by atoms with van der Waals surface area (Å²) in [5, 5.41) is 9.94. The lowest BCUT2D eigenvalue weighted by atomic mass is 9.75. The predicted octanol–water partition coefficient (Wildman–Crippen LogP) is 3.47. The number of rotatable bonds is 5. The summed E-state index contributed by atoms with van der Waals surface area (Å²) in [5.74, 6) is -3.69. The van der Waals surface area contributed by atoms with E-state index in [0.29, 0.717) is 37.9 Å². The molecule has 0 bridgehead atoms. The Hall–Kier alpha value is -3.15. The van der Waals surface area contributed by atoms with Gasteiger partial charge in [-0.25, -0.2) is 18.2 Å². The quantitative estimate of drug-likeness (QED) is 0.609. The lowest BCUT2D eigenvalue weighted by Gasteiger charge is -2.52. The van der Waals surface area contributed by atoms with E-state index in [0.717, 1.165) is 19.0 Å². The maximum atomic E-state index is 14.3. The van der Waals surface area contributed by atoms with Crippen molar-refractivity contribution < 1.29 is 32.2 Å². The third-order valence-electron chi connectivity index (χ3n) is 8.81. The van der Waals surface area contributed by atoms with Gasteiger partial charge in [0, 0.05) is 35.7 Å². The molecule has 2 amide bonds. The summed E-state index contributed by atoms with van der Waals surface area (Å²) in [4.78, 5) is 32.1. The number of ether oxygens (including phenoxy) is 2. The normalized spacial score (nSPS) is 29.1. The number of nitrogens with one attached hydrogen (secondary N) is 2. The lowest BCUT2D eigenvalue weighted by Crippen LogP contribution is -2.65. The van der Waals surface area contributed by atoms with E-state index in [4.69, 9.17) is 9.47 Å². The number of carbonyl (C=O) groups excluding carboxylic acids is 2. The first-order valence-electron chi connectivity index (χ1n) is 13.0. The van der Waals surface area contributed by atoms with Crippen molar-refractivity contribution in [2.75, 3.05) is 20.3 Å². The van der Waals surface area contributed by atoms with Crippen LogP contribution in [0.1, 0.15) is 61.9 Å². The van der Waals surface area contributed by atoms with E-state index in [1.165, 1.54) is 19.2 Å². The summed E-state index contributed by atoms with van der Waals surface area (Å²) in [7, 11) is 1.43. The second-order valence-corrected chi connectivity index (χ2v) is 11.0. The number of aromatic amines is 1. The summed E-state index contributed by atoms with van der Waals surface area (Å²) in [5.41, 5.74) is -1.03. The maximum Gasteiger partial charge on any atom is 0.299 e. The molecule has 0 radical (unpaired) electrons. The summed E-state index contributed by atoms with van der Waals surface area (Å²) in [6, 6.07) is 2.80. The number of piperidine rings is 1. The van der Waals surface area contributed by atoms with E-state index in [1.807, 2.05) is 0 Å². The molecule has 2 aromatic rings. The number of amides is 2. The fourth-order valence-electron chi connectivity index (χ4n) is 6.24. The first kappa shape index (κ1) is 25.1. The Labute approximate surface area is 217 Å². The lowest BCUT2D eigenvalue weighted by molar-refractivity contribution is -0.338. The topological polar surface area (TPSA) is 109 Å². The Morgan fingerprint density at radius 3 is 2.58 bits per heavy atom. The number of nitrogens with zero attached hydrogens (tertiary/aromatic N) is 3. The van der Waals surface area contributed by atoms with Gasteiger partial charge in [0.1, 0.15) is 12.2 Å². The fourth-order valence-corrected chi connectivity index (χ4v) is 6.24. The standard InChI is InChI=1S/C26H30F3N5O4/c1-37-21-10-17(18(27)13-30-21)19-11-20(33-32-19)23(36)34-9-4-15(12-24(34)7-8-24)22(35)31-16-2-5-25(6-3-16)26(28,29)14-38-25/h10-11,13,15-16H,2-9,12,14H2,1H3,(H,31,35)(H,32,33)/t15-,16-,25-/m0/s1. The number of pyridine rings is 1. The predicted molar refractivity (Wildman–Crippen MR) is 128 cm³/mol. The Bertz CT molecular complexity index is 1260. The molecule has 6 rings (SSSR count). The highest BCUT2D eigenvalue weighted by Gasteiger charge is 2.64. The average Bonchev–Trinajstić information content (AvgIpc) is 3.49. The molecule has 0 unspecified atom stereocenters. The van der Waals surface area contributed by atoms with E-state index in [9.17, 15) is 22.8 Å². The molecule has 0 aromatic carbocycles. The van der Waals surface area contributed by atoms with Gasteiger partial charge < -0.3 is 19.7 Å². The van der Waals surface area contributed by atoms with Crippen molar-refractivity contribution in [2.24, 2.45) is 5.92 Å². The van der Waals surface area contributed by atoms with Crippen LogP contribution in [0.25, 0.3) is 11.3 Å². The number of likely N-dealkylation sites (tertiary alicyclic amines) is 1. The molecule has 2 saturated carbocycles. The summed E-state index contributed by atoms with van der Waals surface area (Å²) in [6.45, 7) is -0.108. The van der Waals surface area contributed by atoms with Crippen molar-refractivity contribution in [3.05, 3.63) is 29.8 Å². The molecule has 12 heteroatoms. The Morgan fingerprint density at radius 2 is 1.95 bits per heavy atom. The van der Waals surface area contributed by atoms with Crippen LogP contribution in [-0.4, -0.2) is 75.3 Å². The van der Waals surface area contributed by atoms with Gasteiger partial charge in [-0.3, -0.25) is 14.7 Å². The van der Waals surface area contributed by atoms with Crippen LogP contribution in [0.15, 0.2) is 18.3 Å². The zero-order valence-electron chi connectivity index (χ0n) is 21.1. The van der Waals surface area contributed by atoms with Gasteiger partial charge in [0.25, 0.3) is 11.8 Å². The second-order valence-electron chi connectivity index (χ2n) is 11.0. The number of methoxy groups -OCH3 is 1. The zero-order chi connectivity index (χ0) is 26.7. The van der Waals surface area contributed by atoms with E-state index < -0.39 is 23.9 Å². The molecule has 4 heterocycles. The summed E-state index contributed by atoms with van der Waals surface area (Å²) < 4.78 is 52.5.